The van der Waals surface area contributed by atoms with Gasteiger partial charge in [-0.3, -0.25) is 4.79 Å². The molecule has 4 fully saturated rings. The highest BCUT2D eigenvalue weighted by molar-refractivity contribution is 7.90. The zero-order chi connectivity index (χ0) is 19.4. The van der Waals surface area contributed by atoms with Crippen LogP contribution in [0.4, 0.5) is 8.78 Å². The Labute approximate surface area is 158 Å². The fourth-order valence-corrected chi connectivity index (χ4v) is 8.91. The Morgan fingerprint density at radius 3 is 2.59 bits per heavy atom. The van der Waals surface area contributed by atoms with Gasteiger partial charge in [-0.05, 0) is 60.6 Å². The highest BCUT2D eigenvalue weighted by atomic mass is 32.2. The van der Waals surface area contributed by atoms with Crippen molar-refractivity contribution in [3.8, 4) is 0 Å². The number of amides is 1. The number of sulfonamides is 1. The smallest absolute Gasteiger partial charge is 0.240 e. The summed E-state index contributed by atoms with van der Waals surface area (Å²) < 4.78 is 53.8. The van der Waals surface area contributed by atoms with Crippen LogP contribution in [0.15, 0.2) is 18.2 Å². The third-order valence-corrected chi connectivity index (χ3v) is 10.0. The standard InChI is InChI=1S/C20H23F2NO3S/c1-19(2)12-5-6-20(19)10-27(25,26)23(17(20)8-12)18(24)14-9-13(14)11-3-4-15(21)16(22)7-11/h3-4,7,12-14,17H,5-6,8-10H2,1-2H3/t12?,13-,14+,17-,20+/m1/s1. The normalized spacial score (nSPS) is 40.2. The van der Waals surface area contributed by atoms with Crippen LogP contribution in [0.25, 0.3) is 0 Å². The van der Waals surface area contributed by atoms with Crippen LogP contribution in [-0.2, 0) is 14.8 Å². The van der Waals surface area contributed by atoms with Crippen molar-refractivity contribution < 1.29 is 22.0 Å². The molecule has 1 aromatic rings. The van der Waals surface area contributed by atoms with Gasteiger partial charge in [0.1, 0.15) is 0 Å². The number of halogens is 2. The van der Waals surface area contributed by atoms with Gasteiger partial charge in [0.2, 0.25) is 15.9 Å². The molecule has 1 spiro atoms. The van der Waals surface area contributed by atoms with Gasteiger partial charge in [0, 0.05) is 11.3 Å². The summed E-state index contributed by atoms with van der Waals surface area (Å²) in [6.45, 7) is 4.30. The van der Waals surface area contributed by atoms with E-state index in [9.17, 15) is 22.0 Å². The van der Waals surface area contributed by atoms with Crippen LogP contribution in [0.2, 0.25) is 0 Å². The number of hydrogen-bond acceptors (Lipinski definition) is 3. The molecule has 1 heterocycles. The van der Waals surface area contributed by atoms with E-state index in [1.54, 1.807) is 0 Å². The van der Waals surface area contributed by atoms with E-state index < -0.39 is 27.6 Å². The summed E-state index contributed by atoms with van der Waals surface area (Å²) in [5.74, 6) is -2.39. The molecule has 0 radical (unpaired) electrons. The molecule has 27 heavy (non-hydrogen) atoms. The van der Waals surface area contributed by atoms with Crippen LogP contribution in [0.5, 0.6) is 0 Å². The number of hydrogen-bond donors (Lipinski definition) is 0. The lowest BCUT2D eigenvalue weighted by Gasteiger charge is -2.37. The average molecular weight is 395 g/mol. The monoisotopic (exact) mass is 395 g/mol. The average Bonchev–Trinajstić information content (AvgIpc) is 3.24. The van der Waals surface area contributed by atoms with Gasteiger partial charge >= 0.3 is 0 Å². The predicted molar refractivity (Wildman–Crippen MR) is 95.2 cm³/mol. The molecule has 5 rings (SSSR count). The Bertz CT molecular complexity index is 960. The minimum Gasteiger partial charge on any atom is -0.273 e. The first-order chi connectivity index (χ1) is 12.6. The molecule has 1 unspecified atom stereocenters. The molecule has 1 aromatic carbocycles. The van der Waals surface area contributed by atoms with Gasteiger partial charge < -0.3 is 0 Å². The van der Waals surface area contributed by atoms with Crippen LogP contribution < -0.4 is 0 Å². The molecule has 5 atom stereocenters. The second-order valence-corrected chi connectivity index (χ2v) is 11.2. The van der Waals surface area contributed by atoms with Gasteiger partial charge in [-0.2, -0.15) is 0 Å². The van der Waals surface area contributed by atoms with Gasteiger partial charge in [-0.15, -0.1) is 0 Å². The van der Waals surface area contributed by atoms with Crippen molar-refractivity contribution in [2.24, 2.45) is 22.7 Å². The zero-order valence-corrected chi connectivity index (χ0v) is 16.2. The highest BCUT2D eigenvalue weighted by Gasteiger charge is 2.73. The number of fused-ring (bicyclic) bond motifs is 1. The number of nitrogens with zero attached hydrogens (tertiary/aromatic N) is 1. The fraction of sp³-hybridized carbons (Fsp3) is 0.650. The zero-order valence-electron chi connectivity index (χ0n) is 15.4. The molecular formula is C20H23F2NO3S. The quantitative estimate of drug-likeness (QED) is 0.771. The maximum atomic E-state index is 13.5. The molecule has 0 aromatic heterocycles. The van der Waals surface area contributed by atoms with Crippen molar-refractivity contribution >= 4 is 15.9 Å². The topological polar surface area (TPSA) is 54.5 Å². The van der Waals surface area contributed by atoms with Crippen LogP contribution in [-0.4, -0.2) is 30.4 Å². The molecule has 2 bridgehead atoms. The van der Waals surface area contributed by atoms with Crippen molar-refractivity contribution in [2.75, 3.05) is 5.75 Å². The maximum absolute atomic E-state index is 13.5. The molecular weight excluding hydrogens is 372 g/mol. The van der Waals surface area contributed by atoms with Crippen molar-refractivity contribution in [2.45, 2.75) is 51.5 Å². The third kappa shape index (κ3) is 2.12. The maximum Gasteiger partial charge on any atom is 0.240 e. The summed E-state index contributed by atoms with van der Waals surface area (Å²) in [7, 11) is -3.64. The molecule has 3 aliphatic carbocycles. The van der Waals surface area contributed by atoms with Gasteiger partial charge in [0.15, 0.2) is 11.6 Å². The number of rotatable bonds is 2. The molecule has 0 N–H and O–H groups in total. The molecule has 1 saturated heterocycles. The van der Waals surface area contributed by atoms with E-state index in [0.29, 0.717) is 17.9 Å². The third-order valence-electron chi connectivity index (χ3n) is 8.11. The Morgan fingerprint density at radius 2 is 1.93 bits per heavy atom. The SMILES string of the molecule is CC1(C)C2CC[C@@]13CS(=O)(=O)N(C(=O)[C@H]1C[C@@H]1c1ccc(F)c(F)c1)[C@@H]3C2. The van der Waals surface area contributed by atoms with Crippen LogP contribution in [0.1, 0.15) is 51.0 Å². The first-order valence-corrected chi connectivity index (χ1v) is 11.2. The number of benzene rings is 1. The summed E-state index contributed by atoms with van der Waals surface area (Å²) >= 11 is 0. The molecule has 4 nitrogen and oxygen atoms in total. The van der Waals surface area contributed by atoms with E-state index in [-0.39, 0.29) is 34.4 Å². The lowest BCUT2D eigenvalue weighted by Crippen LogP contribution is -2.44. The summed E-state index contributed by atoms with van der Waals surface area (Å²) in [4.78, 5) is 13.2. The lowest BCUT2D eigenvalue weighted by molar-refractivity contribution is -0.130. The summed E-state index contributed by atoms with van der Waals surface area (Å²) in [6, 6.07) is 3.42. The van der Waals surface area contributed by atoms with Crippen molar-refractivity contribution in [3.05, 3.63) is 35.4 Å². The summed E-state index contributed by atoms with van der Waals surface area (Å²) in [5, 5.41) is 0. The summed E-state index contributed by atoms with van der Waals surface area (Å²) in [6.07, 6.45) is 3.13. The molecule has 7 heteroatoms. The molecule has 1 aliphatic heterocycles. The Kier molecular flexibility index (Phi) is 3.32. The first-order valence-electron chi connectivity index (χ1n) is 9.59. The minimum atomic E-state index is -3.64. The molecule has 3 saturated carbocycles. The first kappa shape index (κ1) is 17.6. The number of carbonyl (C=O) groups excluding carboxylic acids is 1. The Hall–Kier alpha value is -1.50. The molecule has 1 amide bonds. The minimum absolute atomic E-state index is 0.0580. The van der Waals surface area contributed by atoms with E-state index in [0.717, 1.165) is 31.4 Å². The van der Waals surface area contributed by atoms with E-state index in [1.165, 1.54) is 10.4 Å². The van der Waals surface area contributed by atoms with Crippen LogP contribution >= 0.6 is 0 Å². The largest absolute Gasteiger partial charge is 0.273 e. The van der Waals surface area contributed by atoms with E-state index in [2.05, 4.69) is 13.8 Å². The van der Waals surface area contributed by atoms with E-state index in [1.807, 2.05) is 0 Å². The predicted octanol–water partition coefficient (Wildman–Crippen LogP) is 3.44. The van der Waals surface area contributed by atoms with Gasteiger partial charge in [-0.1, -0.05) is 19.9 Å². The van der Waals surface area contributed by atoms with Crippen molar-refractivity contribution in [3.63, 3.8) is 0 Å². The second kappa shape index (κ2) is 5.10. The van der Waals surface area contributed by atoms with Crippen molar-refractivity contribution in [1.29, 1.82) is 0 Å². The van der Waals surface area contributed by atoms with Crippen molar-refractivity contribution in [1.82, 2.24) is 4.31 Å². The highest BCUT2D eigenvalue weighted by Crippen LogP contribution is 2.70. The van der Waals surface area contributed by atoms with Gasteiger partial charge in [-0.25, -0.2) is 21.5 Å². The van der Waals surface area contributed by atoms with E-state index in [4.69, 9.17) is 0 Å². The molecule has 4 aliphatic rings. The van der Waals surface area contributed by atoms with E-state index >= 15 is 0 Å². The molecule has 146 valence electrons. The van der Waals surface area contributed by atoms with Crippen LogP contribution in [0.3, 0.4) is 0 Å². The van der Waals surface area contributed by atoms with Gasteiger partial charge in [0.25, 0.3) is 0 Å². The second-order valence-electron chi connectivity index (χ2n) is 9.38. The number of carbonyl (C=O) groups is 1. The Balaban J connectivity index is 1.44. The summed E-state index contributed by atoms with van der Waals surface area (Å²) in [5.41, 5.74) is 0.147. The lowest BCUT2D eigenvalue weighted by atomic mass is 9.69. The Morgan fingerprint density at radius 1 is 1.19 bits per heavy atom. The van der Waals surface area contributed by atoms with Gasteiger partial charge in [0.05, 0.1) is 11.8 Å². The fourth-order valence-electron chi connectivity index (χ4n) is 6.32. The van der Waals surface area contributed by atoms with Crippen LogP contribution in [0, 0.1) is 34.3 Å².